The Morgan fingerprint density at radius 3 is 2.85 bits per heavy atom. The van der Waals surface area contributed by atoms with Gasteiger partial charge in [0, 0.05) is 23.5 Å². The molecule has 4 rings (SSSR count). The fourth-order valence-electron chi connectivity index (χ4n) is 4.72. The van der Waals surface area contributed by atoms with Gasteiger partial charge in [0.05, 0.1) is 24.3 Å². The first-order valence-corrected chi connectivity index (χ1v) is 11.8. The lowest BCUT2D eigenvalue weighted by Crippen LogP contribution is -2.39. The van der Waals surface area contributed by atoms with Gasteiger partial charge < -0.3 is 19.4 Å². The van der Waals surface area contributed by atoms with Crippen molar-refractivity contribution in [3.8, 4) is 5.75 Å². The van der Waals surface area contributed by atoms with E-state index in [9.17, 15) is 14.0 Å². The van der Waals surface area contributed by atoms with Crippen LogP contribution in [0.25, 0.3) is 10.9 Å². The summed E-state index contributed by atoms with van der Waals surface area (Å²) in [6.07, 6.45) is 2.88. The molecule has 1 N–H and O–H groups in total. The SMILES string of the molecule is CCOC(=O)Cn1c2c(c3cc(F)cc(Cl)c31)CC(NC(=O)CCc1cccc(OC)c1)CC2. The zero-order valence-electron chi connectivity index (χ0n) is 19.3. The van der Waals surface area contributed by atoms with Crippen molar-refractivity contribution in [2.75, 3.05) is 13.7 Å². The van der Waals surface area contributed by atoms with E-state index in [2.05, 4.69) is 5.32 Å². The number of carbonyl (C=O) groups excluding carboxylic acids is 2. The predicted octanol–water partition coefficient (Wildman–Crippen LogP) is 4.61. The smallest absolute Gasteiger partial charge is 0.325 e. The van der Waals surface area contributed by atoms with Crippen molar-refractivity contribution in [3.05, 3.63) is 64.1 Å². The highest BCUT2D eigenvalue weighted by atomic mass is 35.5. The molecule has 0 aliphatic heterocycles. The highest BCUT2D eigenvalue weighted by molar-refractivity contribution is 6.35. The molecule has 0 bridgehead atoms. The molecular formula is C26H28ClFN2O4. The van der Waals surface area contributed by atoms with Gasteiger partial charge in [-0.3, -0.25) is 9.59 Å². The Kier molecular flexibility index (Phi) is 7.41. The molecule has 0 fully saturated rings. The maximum absolute atomic E-state index is 14.2. The Hall–Kier alpha value is -3.06. The van der Waals surface area contributed by atoms with E-state index >= 15 is 0 Å². The topological polar surface area (TPSA) is 69.6 Å². The van der Waals surface area contributed by atoms with Gasteiger partial charge in [0.1, 0.15) is 18.1 Å². The first-order valence-electron chi connectivity index (χ1n) is 11.5. The molecule has 6 nitrogen and oxygen atoms in total. The van der Waals surface area contributed by atoms with Crippen LogP contribution in [0.2, 0.25) is 5.02 Å². The molecule has 3 aromatic rings. The lowest BCUT2D eigenvalue weighted by molar-refractivity contribution is -0.143. The molecule has 0 spiro atoms. The van der Waals surface area contributed by atoms with Crippen LogP contribution in [0.5, 0.6) is 5.75 Å². The number of benzene rings is 2. The Morgan fingerprint density at radius 2 is 2.09 bits per heavy atom. The second kappa shape index (κ2) is 10.5. The molecule has 8 heteroatoms. The second-order valence-corrected chi connectivity index (χ2v) is 8.87. The Balaban J connectivity index is 1.51. The minimum Gasteiger partial charge on any atom is -0.497 e. The summed E-state index contributed by atoms with van der Waals surface area (Å²) >= 11 is 6.40. The van der Waals surface area contributed by atoms with Crippen molar-refractivity contribution in [2.24, 2.45) is 0 Å². The fraction of sp³-hybridized carbons (Fsp3) is 0.385. The summed E-state index contributed by atoms with van der Waals surface area (Å²) in [5, 5.41) is 4.06. The van der Waals surface area contributed by atoms with E-state index in [0.717, 1.165) is 29.0 Å². The summed E-state index contributed by atoms with van der Waals surface area (Å²) in [5.74, 6) is -0.0628. The van der Waals surface area contributed by atoms with E-state index in [1.165, 1.54) is 12.1 Å². The number of rotatable bonds is 8. The van der Waals surface area contributed by atoms with Crippen molar-refractivity contribution >= 4 is 34.4 Å². The summed E-state index contributed by atoms with van der Waals surface area (Å²) in [5.41, 5.74) is 3.53. The van der Waals surface area contributed by atoms with Crippen LogP contribution in [-0.2, 0) is 40.1 Å². The van der Waals surface area contributed by atoms with Gasteiger partial charge in [0.2, 0.25) is 5.91 Å². The Labute approximate surface area is 203 Å². The molecule has 1 heterocycles. The van der Waals surface area contributed by atoms with Crippen molar-refractivity contribution < 1.29 is 23.5 Å². The molecule has 180 valence electrons. The molecule has 1 aromatic heterocycles. The van der Waals surface area contributed by atoms with E-state index in [0.29, 0.717) is 36.6 Å². The quantitative estimate of drug-likeness (QED) is 0.472. The monoisotopic (exact) mass is 486 g/mol. The third kappa shape index (κ3) is 5.20. The highest BCUT2D eigenvalue weighted by Crippen LogP contribution is 2.36. The van der Waals surface area contributed by atoms with Crippen LogP contribution >= 0.6 is 11.6 Å². The minimum atomic E-state index is -0.432. The maximum atomic E-state index is 14.2. The average Bonchev–Trinajstić information content (AvgIpc) is 3.11. The number of nitrogens with one attached hydrogen (secondary N) is 1. The predicted molar refractivity (Wildman–Crippen MR) is 129 cm³/mol. The van der Waals surface area contributed by atoms with E-state index in [-0.39, 0.29) is 36.1 Å². The molecule has 34 heavy (non-hydrogen) atoms. The number of amides is 1. The number of aromatic nitrogens is 1. The number of nitrogens with zero attached hydrogens (tertiary/aromatic N) is 1. The van der Waals surface area contributed by atoms with E-state index in [4.69, 9.17) is 21.1 Å². The third-order valence-electron chi connectivity index (χ3n) is 6.21. The maximum Gasteiger partial charge on any atom is 0.325 e. The summed E-state index contributed by atoms with van der Waals surface area (Å²) in [4.78, 5) is 24.9. The first kappa shape index (κ1) is 24.1. The molecule has 0 saturated heterocycles. The molecular weight excluding hydrogens is 459 g/mol. The number of methoxy groups -OCH3 is 1. The van der Waals surface area contributed by atoms with Crippen LogP contribution in [0.3, 0.4) is 0 Å². The van der Waals surface area contributed by atoms with E-state index in [1.807, 2.05) is 28.8 Å². The van der Waals surface area contributed by atoms with Crippen molar-refractivity contribution in [2.45, 2.75) is 51.6 Å². The van der Waals surface area contributed by atoms with Gasteiger partial charge in [-0.1, -0.05) is 23.7 Å². The minimum absolute atomic E-state index is 0.0165. The van der Waals surface area contributed by atoms with Gasteiger partial charge in [-0.05, 0) is 68.0 Å². The Bertz CT molecular complexity index is 1220. The molecule has 1 aliphatic rings. The fourth-order valence-corrected chi connectivity index (χ4v) is 5.02. The normalized spacial score (nSPS) is 15.1. The van der Waals surface area contributed by atoms with Crippen LogP contribution in [0.15, 0.2) is 36.4 Å². The lowest BCUT2D eigenvalue weighted by atomic mass is 9.91. The van der Waals surface area contributed by atoms with Gasteiger partial charge in [0.25, 0.3) is 0 Å². The molecule has 1 unspecified atom stereocenters. The summed E-state index contributed by atoms with van der Waals surface area (Å²) < 4.78 is 26.4. The largest absolute Gasteiger partial charge is 0.497 e. The zero-order chi connectivity index (χ0) is 24.2. The van der Waals surface area contributed by atoms with Gasteiger partial charge in [-0.15, -0.1) is 0 Å². The van der Waals surface area contributed by atoms with Gasteiger partial charge in [-0.25, -0.2) is 4.39 Å². The van der Waals surface area contributed by atoms with Crippen molar-refractivity contribution in [1.29, 1.82) is 0 Å². The van der Waals surface area contributed by atoms with Crippen molar-refractivity contribution in [3.63, 3.8) is 0 Å². The molecule has 1 amide bonds. The third-order valence-corrected chi connectivity index (χ3v) is 6.50. The number of carbonyl (C=O) groups is 2. The average molecular weight is 487 g/mol. The van der Waals surface area contributed by atoms with Crippen LogP contribution in [0, 0.1) is 5.82 Å². The van der Waals surface area contributed by atoms with Crippen LogP contribution in [-0.4, -0.2) is 36.2 Å². The number of halogens is 2. The standard InChI is InChI=1S/C26H28ClFN2O4/c1-3-34-25(32)15-30-23-9-8-18(14-20(23)21-12-17(28)13-22(27)26(21)30)29-24(31)10-7-16-5-4-6-19(11-16)33-2/h4-6,11-13,18H,3,7-10,14-15H2,1-2H3,(H,29,31). The number of hydrogen-bond donors (Lipinski definition) is 1. The lowest BCUT2D eigenvalue weighted by Gasteiger charge is -2.25. The summed E-state index contributed by atoms with van der Waals surface area (Å²) in [6.45, 7) is 2.06. The van der Waals surface area contributed by atoms with Crippen molar-refractivity contribution in [1.82, 2.24) is 9.88 Å². The molecule has 0 radical (unpaired) electrons. The van der Waals surface area contributed by atoms with Crippen LogP contribution < -0.4 is 10.1 Å². The summed E-state index contributed by atoms with van der Waals surface area (Å²) in [6, 6.07) is 10.3. The summed E-state index contributed by atoms with van der Waals surface area (Å²) in [7, 11) is 1.62. The first-order chi connectivity index (χ1) is 16.4. The number of hydrogen-bond acceptors (Lipinski definition) is 4. The molecule has 1 atom stereocenters. The van der Waals surface area contributed by atoms with Gasteiger partial charge in [0.15, 0.2) is 0 Å². The Morgan fingerprint density at radius 1 is 1.26 bits per heavy atom. The second-order valence-electron chi connectivity index (χ2n) is 8.46. The highest BCUT2D eigenvalue weighted by Gasteiger charge is 2.28. The molecule has 0 saturated carbocycles. The van der Waals surface area contributed by atoms with E-state index in [1.54, 1.807) is 14.0 Å². The van der Waals surface area contributed by atoms with E-state index < -0.39 is 5.82 Å². The molecule has 2 aromatic carbocycles. The number of ether oxygens (including phenoxy) is 2. The van der Waals surface area contributed by atoms with Crippen LogP contribution in [0.1, 0.15) is 36.6 Å². The van der Waals surface area contributed by atoms with Gasteiger partial charge >= 0.3 is 5.97 Å². The van der Waals surface area contributed by atoms with Gasteiger partial charge in [-0.2, -0.15) is 0 Å². The number of esters is 1. The number of aryl methyl sites for hydroxylation is 1. The molecule has 1 aliphatic carbocycles. The van der Waals surface area contributed by atoms with Crippen LogP contribution in [0.4, 0.5) is 4.39 Å². The zero-order valence-corrected chi connectivity index (χ0v) is 20.1. The number of fused-ring (bicyclic) bond motifs is 3.